The van der Waals surface area contributed by atoms with Crippen molar-refractivity contribution < 1.29 is 33.8 Å². The average Bonchev–Trinajstić information content (AvgIpc) is 3.56. The van der Waals surface area contributed by atoms with Crippen LogP contribution in [0.3, 0.4) is 0 Å². The Hall–Kier alpha value is -6.17. The first-order chi connectivity index (χ1) is 30.5. The maximum atomic E-state index is 14.7. The summed E-state index contributed by atoms with van der Waals surface area (Å²) < 4.78 is 12.2. The fraction of sp³-hybridized carbons (Fsp3) is 0.426. The third-order valence-corrected chi connectivity index (χ3v) is 12.0. The third-order valence-electron chi connectivity index (χ3n) is 12.0. The molecule has 0 radical (unpaired) electrons. The van der Waals surface area contributed by atoms with E-state index in [4.69, 9.17) is 36.6 Å². The Morgan fingerprint density at radius 2 is 1.58 bits per heavy atom. The number of hydrogen-bond acceptors (Lipinski definition) is 12. The van der Waals surface area contributed by atoms with Gasteiger partial charge in [-0.1, -0.05) is 26.0 Å². The average molecular weight is 874 g/mol. The van der Waals surface area contributed by atoms with E-state index in [-0.39, 0.29) is 62.3 Å². The van der Waals surface area contributed by atoms with E-state index in [2.05, 4.69) is 49.4 Å². The Kier molecular flexibility index (Phi) is 14.9. The first kappa shape index (κ1) is 47.3. The van der Waals surface area contributed by atoms with Gasteiger partial charge in [0.1, 0.15) is 0 Å². The Morgan fingerprint density at radius 3 is 2.20 bits per heavy atom. The van der Waals surface area contributed by atoms with Gasteiger partial charge in [0.15, 0.2) is 5.82 Å². The molecule has 0 spiro atoms. The second-order valence-corrected chi connectivity index (χ2v) is 17.2. The summed E-state index contributed by atoms with van der Waals surface area (Å²) in [5.74, 6) is -1.54. The number of amides is 3. The molecular weight excluding hydrogens is 813 g/mol. The van der Waals surface area contributed by atoms with Gasteiger partial charge in [-0.2, -0.15) is 0 Å². The van der Waals surface area contributed by atoms with Crippen LogP contribution in [0, 0.1) is 13.8 Å². The summed E-state index contributed by atoms with van der Waals surface area (Å²) in [6.45, 7) is 10.4. The summed E-state index contributed by atoms with van der Waals surface area (Å²) in [6, 6.07) is 12.3. The number of nitrogens with zero attached hydrogens (tertiary/aromatic N) is 3. The quantitative estimate of drug-likeness (QED) is 0.0899. The van der Waals surface area contributed by atoms with Crippen LogP contribution in [0.5, 0.6) is 11.5 Å². The first-order valence-electron chi connectivity index (χ1n) is 21.7. The number of carboxylic acids is 1. The zero-order valence-corrected chi connectivity index (χ0v) is 37.5. The molecule has 4 aromatic rings. The number of rotatable bonds is 14. The predicted molar refractivity (Wildman–Crippen MR) is 248 cm³/mol. The van der Waals surface area contributed by atoms with Crippen molar-refractivity contribution in [2.24, 2.45) is 17.2 Å². The number of ether oxygens (including phenoxy) is 2. The number of nitrogens with one attached hydrogen (secondary N) is 3. The van der Waals surface area contributed by atoms with Crippen molar-refractivity contribution in [3.05, 3.63) is 93.8 Å². The number of carboxylic acid groups (broad SMARTS) is 1. The van der Waals surface area contributed by atoms with E-state index in [1.165, 1.54) is 23.1 Å². The van der Waals surface area contributed by atoms with Gasteiger partial charge in [-0.05, 0) is 49.3 Å². The van der Waals surface area contributed by atoms with Gasteiger partial charge in [0.25, 0.3) is 0 Å². The van der Waals surface area contributed by atoms with Crippen LogP contribution in [-0.4, -0.2) is 115 Å². The van der Waals surface area contributed by atoms with Crippen LogP contribution in [-0.2, 0) is 32.6 Å². The summed E-state index contributed by atoms with van der Waals surface area (Å²) in [5, 5.41) is 19.0. The van der Waals surface area contributed by atoms with Crippen LogP contribution in [0.15, 0.2) is 54.6 Å². The van der Waals surface area contributed by atoms with Gasteiger partial charge in [0, 0.05) is 5.56 Å². The van der Waals surface area contributed by atoms with Crippen LogP contribution in [0.1, 0.15) is 83.7 Å². The zero-order valence-electron chi connectivity index (χ0n) is 37.5. The molecule has 2 heterocycles. The van der Waals surface area contributed by atoms with E-state index in [9.17, 15) is 24.3 Å². The second-order valence-electron chi connectivity index (χ2n) is 17.2. The number of carbonyl (C=O) groups excluding carboxylic acids is 3. The summed E-state index contributed by atoms with van der Waals surface area (Å²) >= 11 is 0. The van der Waals surface area contributed by atoms with Crippen molar-refractivity contribution in [1.29, 1.82) is 0 Å². The molecule has 2 unspecified atom stereocenters. The van der Waals surface area contributed by atoms with Gasteiger partial charge in [-0.25, -0.2) is 9.97 Å². The molecule has 64 heavy (non-hydrogen) atoms. The number of aromatic nitrogens is 2. The topological polar surface area (TPSA) is 250 Å². The molecule has 0 saturated heterocycles. The molecule has 1 aliphatic heterocycles. The van der Waals surface area contributed by atoms with E-state index >= 15 is 0 Å². The SMILES string of the molecule is B=C1NC(C(=O)O)Cc2ccc(OCCN)c(c2)-c2cc(ccc2OCCN)C(N(C)C(=O)[C@H](CCN)NC(=O)c2c(C)nc(-c3ccc4c(c3)CCC4(C)C)nc2C)C(=O)N[C@H]1C. The summed E-state index contributed by atoms with van der Waals surface area (Å²) in [4.78, 5) is 66.8. The molecular formula is C47H60BN9O7. The van der Waals surface area contributed by atoms with E-state index in [0.717, 1.165) is 18.4 Å². The molecule has 338 valence electrons. The monoisotopic (exact) mass is 873 g/mol. The molecule has 1 aromatic heterocycles. The molecule has 6 rings (SSSR count). The van der Waals surface area contributed by atoms with Gasteiger partial charge in [-0.3, -0.25) is 0 Å². The third kappa shape index (κ3) is 10.3. The number of benzene rings is 3. The van der Waals surface area contributed by atoms with Crippen LogP contribution in [0.2, 0.25) is 0 Å². The number of nitrogens with two attached hydrogens (primary N) is 3. The van der Waals surface area contributed by atoms with Gasteiger partial charge >= 0.3 is 274 Å². The normalized spacial score (nSPS) is 18.4. The Morgan fingerprint density at radius 1 is 0.938 bits per heavy atom. The Labute approximate surface area is 375 Å². The van der Waals surface area contributed by atoms with Crippen LogP contribution >= 0.6 is 0 Å². The van der Waals surface area contributed by atoms with Crippen LogP contribution in [0.25, 0.3) is 22.5 Å². The molecule has 3 amide bonds. The molecule has 0 saturated carbocycles. The van der Waals surface area contributed by atoms with E-state index in [0.29, 0.717) is 51.0 Å². The molecule has 3 aromatic carbocycles. The predicted octanol–water partition coefficient (Wildman–Crippen LogP) is 2.11. The molecule has 4 atom stereocenters. The van der Waals surface area contributed by atoms with Crippen molar-refractivity contribution in [2.75, 3.05) is 39.9 Å². The van der Waals surface area contributed by atoms with Crippen LogP contribution in [0.4, 0.5) is 0 Å². The molecule has 2 aliphatic rings. The van der Waals surface area contributed by atoms with Gasteiger partial charge in [0.05, 0.1) is 0 Å². The fourth-order valence-corrected chi connectivity index (χ4v) is 8.53. The van der Waals surface area contributed by atoms with E-state index in [1.807, 2.05) is 6.07 Å². The Bertz CT molecular complexity index is 2420. The molecule has 10 N–H and O–H groups in total. The van der Waals surface area contributed by atoms with Crippen molar-refractivity contribution in [1.82, 2.24) is 30.8 Å². The standard InChI is InChI=1S/C47H60BN9O7/c1-25-39(26(2)53-42(52-25)31-8-10-34-29(23-31)13-15-47(34,4)5)43(58)56-35(14-16-49)45(60)57(6)40-30-9-12-38(64-20-18-51)33(24-30)32-21-28(7-11-37(32)63-19-17-50)22-36(46(61)62)55-41(48)27(3)54-44(40)59/h7-12,21,23-24,27,35-36,40,48,55H,13-20,22,49-51H2,1-6H3,(H,54,59)(H,56,58)(H,61,62)/t27-,35-,36?,40?/m0/s1. The maximum absolute atomic E-state index is 14.7. The summed E-state index contributed by atoms with van der Waals surface area (Å²) in [5.41, 5.74) is 24.7. The minimum absolute atomic E-state index is 0.0381. The summed E-state index contributed by atoms with van der Waals surface area (Å²) in [6.07, 6.45) is 2.14. The first-order valence-corrected chi connectivity index (χ1v) is 21.7. The Balaban J connectivity index is 1.38. The zero-order chi connectivity index (χ0) is 46.5. The van der Waals surface area contributed by atoms with Gasteiger partial charge < -0.3 is 5.73 Å². The van der Waals surface area contributed by atoms with Crippen LogP contribution < -0.4 is 42.6 Å². The minimum atomic E-state index is -1.29. The second kappa shape index (κ2) is 20.1. The number of hydrogen-bond donors (Lipinski definition) is 7. The van der Waals surface area contributed by atoms with Gasteiger partial charge in [-0.15, -0.1) is 0 Å². The molecule has 0 fully saturated rings. The number of fused-ring (bicyclic) bond motifs is 6. The molecule has 16 nitrogen and oxygen atoms in total. The van der Waals surface area contributed by atoms with E-state index < -0.39 is 47.9 Å². The molecule has 1 aliphatic carbocycles. The number of aliphatic carboxylic acids is 1. The molecule has 17 heteroatoms. The van der Waals surface area contributed by atoms with Crippen molar-refractivity contribution in [3.63, 3.8) is 0 Å². The van der Waals surface area contributed by atoms with Crippen molar-refractivity contribution in [2.45, 2.75) is 89.9 Å². The summed E-state index contributed by atoms with van der Waals surface area (Å²) in [7, 11) is 5.53. The van der Waals surface area contributed by atoms with Crippen molar-refractivity contribution >= 4 is 36.8 Å². The number of likely N-dealkylation sites (N-methyl/N-ethyl adjacent to an activating group) is 1. The number of aryl methyl sites for hydroxylation is 3. The van der Waals surface area contributed by atoms with E-state index in [1.54, 1.807) is 57.2 Å². The fourth-order valence-electron chi connectivity index (χ4n) is 8.53. The van der Waals surface area contributed by atoms with Gasteiger partial charge in [0.2, 0.25) is 0 Å². The molecule has 4 bridgehead atoms. The van der Waals surface area contributed by atoms with Crippen molar-refractivity contribution in [3.8, 4) is 34.0 Å². The number of carbonyl (C=O) groups is 4.